The van der Waals surface area contributed by atoms with Crippen molar-refractivity contribution in [1.82, 2.24) is 25.4 Å². The lowest BCUT2D eigenvalue weighted by Crippen LogP contribution is -2.73. The summed E-state index contributed by atoms with van der Waals surface area (Å²) < 4.78 is 5.96. The number of amides is 3. The molecule has 3 aliphatic rings. The third-order valence-electron chi connectivity index (χ3n) is 9.82. The van der Waals surface area contributed by atoms with Crippen molar-refractivity contribution in [3.63, 3.8) is 0 Å². The number of piperazine rings is 1. The minimum absolute atomic E-state index is 0. The number of carbonyl (C=O) groups is 3. The molecule has 1 spiro atoms. The molecule has 3 fully saturated rings. The standard InChI is InChI=1S/C36H43N5O5.ClH/c1-37-32(42)27-10-14-30(15-11-27)46-29-12-8-26(9-13-29)24-40-21-18-36(19-22-40)34(44)39-31(23-35(45)16-4-2-5-17-35)33(43)41(36)25-28-7-3-6-20-38-28;/h3,6-15,20,31,45H,2,4-5,16-19,21-25H2,1H3,(H,37,42)(H,39,44);1H/t31-;/m1./s1. The van der Waals surface area contributed by atoms with Gasteiger partial charge in [0.25, 0.3) is 5.91 Å². The van der Waals surface area contributed by atoms with E-state index in [9.17, 15) is 19.5 Å². The van der Waals surface area contributed by atoms with Crippen LogP contribution in [0.5, 0.6) is 11.5 Å². The van der Waals surface area contributed by atoms with Crippen molar-refractivity contribution in [2.75, 3.05) is 20.1 Å². The van der Waals surface area contributed by atoms with Crippen molar-refractivity contribution in [2.24, 2.45) is 0 Å². The van der Waals surface area contributed by atoms with Gasteiger partial charge >= 0.3 is 0 Å². The molecule has 1 aromatic heterocycles. The molecule has 1 aliphatic carbocycles. The smallest absolute Gasteiger partial charge is 0.251 e. The van der Waals surface area contributed by atoms with Gasteiger partial charge in [-0.1, -0.05) is 37.5 Å². The second kappa shape index (κ2) is 14.8. The number of benzene rings is 2. The Balaban J connectivity index is 0.00000433. The maximum absolute atomic E-state index is 14.1. The number of rotatable bonds is 9. The molecule has 10 nitrogen and oxygen atoms in total. The summed E-state index contributed by atoms with van der Waals surface area (Å²) in [4.78, 5) is 48.3. The molecule has 3 heterocycles. The average Bonchev–Trinajstić information content (AvgIpc) is 3.08. The number of aromatic nitrogens is 1. The highest BCUT2D eigenvalue weighted by Crippen LogP contribution is 2.38. The normalized spacial score (nSPS) is 20.6. The molecular formula is C36H44ClN5O5. The zero-order valence-corrected chi connectivity index (χ0v) is 27.6. The lowest BCUT2D eigenvalue weighted by molar-refractivity contribution is -0.164. The number of carbonyl (C=O) groups excluding carboxylic acids is 3. The summed E-state index contributed by atoms with van der Waals surface area (Å²) in [5.41, 5.74) is 0.554. The molecule has 2 saturated heterocycles. The van der Waals surface area contributed by atoms with Crippen LogP contribution in [0.15, 0.2) is 72.9 Å². The van der Waals surface area contributed by atoms with Gasteiger partial charge in [-0.3, -0.25) is 24.3 Å². The molecule has 0 bridgehead atoms. The molecule has 0 unspecified atom stereocenters. The molecular weight excluding hydrogens is 618 g/mol. The summed E-state index contributed by atoms with van der Waals surface area (Å²) in [6.07, 6.45) is 7.27. The Labute approximate surface area is 282 Å². The number of nitrogens with one attached hydrogen (secondary N) is 2. The zero-order chi connectivity index (χ0) is 32.1. The van der Waals surface area contributed by atoms with Crippen molar-refractivity contribution < 1.29 is 24.2 Å². The first-order valence-electron chi connectivity index (χ1n) is 16.3. The van der Waals surface area contributed by atoms with Crippen LogP contribution in [-0.4, -0.2) is 74.9 Å². The summed E-state index contributed by atoms with van der Waals surface area (Å²) in [7, 11) is 1.60. The number of nitrogens with zero attached hydrogens (tertiary/aromatic N) is 3. The molecule has 1 saturated carbocycles. The average molecular weight is 662 g/mol. The Morgan fingerprint density at radius 1 is 0.936 bits per heavy atom. The van der Waals surface area contributed by atoms with Crippen molar-refractivity contribution in [2.45, 2.75) is 81.6 Å². The maximum atomic E-state index is 14.1. The van der Waals surface area contributed by atoms with Gasteiger partial charge in [0.15, 0.2) is 0 Å². The van der Waals surface area contributed by atoms with E-state index in [1.54, 1.807) is 42.4 Å². The molecule has 47 heavy (non-hydrogen) atoms. The summed E-state index contributed by atoms with van der Waals surface area (Å²) in [5, 5.41) is 16.9. The maximum Gasteiger partial charge on any atom is 0.251 e. The Morgan fingerprint density at radius 2 is 1.60 bits per heavy atom. The molecule has 250 valence electrons. The number of hydrogen-bond acceptors (Lipinski definition) is 7. The van der Waals surface area contributed by atoms with Crippen LogP contribution < -0.4 is 15.4 Å². The Morgan fingerprint density at radius 3 is 2.21 bits per heavy atom. The number of aliphatic hydroxyl groups is 1. The van der Waals surface area contributed by atoms with Crippen LogP contribution >= 0.6 is 12.4 Å². The van der Waals surface area contributed by atoms with Gasteiger partial charge in [-0.15, -0.1) is 12.4 Å². The zero-order valence-electron chi connectivity index (χ0n) is 26.8. The quantitative estimate of drug-likeness (QED) is 0.306. The number of likely N-dealkylation sites (tertiary alicyclic amines) is 1. The van der Waals surface area contributed by atoms with Crippen molar-refractivity contribution >= 4 is 30.1 Å². The largest absolute Gasteiger partial charge is 0.457 e. The molecule has 2 aliphatic heterocycles. The minimum Gasteiger partial charge on any atom is -0.457 e. The fourth-order valence-electron chi connectivity index (χ4n) is 7.15. The van der Waals surface area contributed by atoms with Crippen LogP contribution in [0.3, 0.4) is 0 Å². The van der Waals surface area contributed by atoms with Crippen LogP contribution in [0.4, 0.5) is 0 Å². The van der Waals surface area contributed by atoms with Gasteiger partial charge in [-0.2, -0.15) is 0 Å². The third-order valence-corrected chi connectivity index (χ3v) is 9.82. The summed E-state index contributed by atoms with van der Waals surface area (Å²) >= 11 is 0. The van der Waals surface area contributed by atoms with Crippen LogP contribution in [0.2, 0.25) is 0 Å². The van der Waals surface area contributed by atoms with Crippen molar-refractivity contribution in [3.05, 3.63) is 89.7 Å². The minimum atomic E-state index is -0.957. The van der Waals surface area contributed by atoms with Crippen molar-refractivity contribution in [3.8, 4) is 11.5 Å². The number of ether oxygens (including phenoxy) is 1. The van der Waals surface area contributed by atoms with E-state index < -0.39 is 17.2 Å². The Kier molecular flexibility index (Phi) is 10.8. The van der Waals surface area contributed by atoms with Crippen LogP contribution in [0, 0.1) is 0 Å². The summed E-state index contributed by atoms with van der Waals surface area (Å²) in [5.74, 6) is 0.944. The third kappa shape index (κ3) is 7.77. The van der Waals surface area contributed by atoms with E-state index in [0.717, 1.165) is 30.5 Å². The number of piperidine rings is 1. The van der Waals surface area contributed by atoms with E-state index in [1.165, 1.54) is 0 Å². The number of hydrogen-bond donors (Lipinski definition) is 3. The molecule has 6 rings (SSSR count). The van der Waals surface area contributed by atoms with Crippen molar-refractivity contribution in [1.29, 1.82) is 0 Å². The predicted molar refractivity (Wildman–Crippen MR) is 180 cm³/mol. The molecule has 0 radical (unpaired) electrons. The molecule has 1 atom stereocenters. The monoisotopic (exact) mass is 661 g/mol. The fourth-order valence-corrected chi connectivity index (χ4v) is 7.15. The predicted octanol–water partition coefficient (Wildman–Crippen LogP) is 4.60. The van der Waals surface area contributed by atoms with Gasteiger partial charge in [0.2, 0.25) is 11.8 Å². The van der Waals surface area contributed by atoms with Gasteiger partial charge in [0.1, 0.15) is 23.1 Å². The van der Waals surface area contributed by atoms with Crippen LogP contribution in [-0.2, 0) is 22.7 Å². The van der Waals surface area contributed by atoms with Crippen LogP contribution in [0.1, 0.15) is 73.0 Å². The van der Waals surface area contributed by atoms with Gasteiger partial charge in [0.05, 0.1) is 17.8 Å². The van der Waals surface area contributed by atoms with E-state index in [4.69, 9.17) is 4.74 Å². The second-order valence-corrected chi connectivity index (χ2v) is 12.9. The molecule has 2 aromatic carbocycles. The number of halogens is 1. The topological polar surface area (TPSA) is 124 Å². The van der Waals surface area contributed by atoms with E-state index in [2.05, 4.69) is 20.5 Å². The highest BCUT2D eigenvalue weighted by Gasteiger charge is 2.54. The van der Waals surface area contributed by atoms with E-state index in [1.807, 2.05) is 42.5 Å². The summed E-state index contributed by atoms with van der Waals surface area (Å²) in [6, 6.07) is 19.8. The van der Waals surface area contributed by atoms with Gasteiger partial charge < -0.3 is 25.4 Å². The van der Waals surface area contributed by atoms with E-state index >= 15 is 0 Å². The van der Waals surface area contributed by atoms with E-state index in [0.29, 0.717) is 62.4 Å². The van der Waals surface area contributed by atoms with Gasteiger partial charge in [-0.25, -0.2) is 0 Å². The van der Waals surface area contributed by atoms with Gasteiger partial charge in [-0.05, 0) is 79.8 Å². The SMILES string of the molecule is CNC(=O)c1ccc(Oc2ccc(CN3CCC4(CC3)C(=O)N[C@H](CC3(O)CCCCC3)C(=O)N4Cc3ccccn3)cc2)cc1.Cl. The fraction of sp³-hybridized carbons (Fsp3) is 0.444. The molecule has 11 heteroatoms. The summed E-state index contributed by atoms with van der Waals surface area (Å²) in [6.45, 7) is 2.29. The highest BCUT2D eigenvalue weighted by atomic mass is 35.5. The Hall–Kier alpha value is -3.99. The molecule has 3 aromatic rings. The molecule has 3 amide bonds. The Bertz CT molecular complexity index is 1520. The first kappa shape index (κ1) is 34.3. The first-order valence-corrected chi connectivity index (χ1v) is 16.3. The number of pyridine rings is 1. The van der Waals surface area contributed by atoms with Gasteiger partial charge in [0, 0.05) is 44.9 Å². The highest BCUT2D eigenvalue weighted by molar-refractivity contribution is 6.00. The lowest BCUT2D eigenvalue weighted by Gasteiger charge is -2.52. The lowest BCUT2D eigenvalue weighted by atomic mass is 9.77. The first-order chi connectivity index (χ1) is 22.3. The second-order valence-electron chi connectivity index (χ2n) is 12.9. The van der Waals surface area contributed by atoms with Crippen LogP contribution in [0.25, 0.3) is 0 Å². The molecule has 3 N–H and O–H groups in total. The van der Waals surface area contributed by atoms with E-state index in [-0.39, 0.29) is 43.1 Å².